The highest BCUT2D eigenvalue weighted by atomic mass is 16.1. The van der Waals surface area contributed by atoms with Crippen LogP contribution in [-0.4, -0.2) is 5.91 Å². The lowest BCUT2D eigenvalue weighted by Gasteiger charge is -1.83. The molecule has 0 aliphatic carbocycles. The molecule has 0 aromatic rings. The Morgan fingerprint density at radius 3 is 2.29 bits per heavy atom. The summed E-state index contributed by atoms with van der Waals surface area (Å²) in [4.78, 5) is 9.89. The molecule has 0 spiro atoms. The first kappa shape index (κ1) is 6.01. The molecular formula is C4H7N2O. The Morgan fingerprint density at radius 1 is 1.86 bits per heavy atom. The third-order valence-electron chi connectivity index (χ3n) is 0.608. The fourth-order valence-electron chi connectivity index (χ4n) is 0.0757. The molecule has 1 amide bonds. The summed E-state index contributed by atoms with van der Waals surface area (Å²) in [6.45, 7) is 1.50. The Balaban J connectivity index is 3.82. The first-order chi connectivity index (χ1) is 3.18. The molecule has 0 aliphatic heterocycles. The van der Waals surface area contributed by atoms with Gasteiger partial charge in [-0.2, -0.15) is 0 Å². The average Bonchev–Trinajstić information content (AvgIpc) is 1.65. The lowest BCUT2D eigenvalue weighted by Crippen LogP contribution is -2.00. The van der Waals surface area contributed by atoms with Crippen LogP contribution in [-0.2, 0) is 4.79 Å². The van der Waals surface area contributed by atoms with Crippen LogP contribution in [0.4, 0.5) is 0 Å². The van der Waals surface area contributed by atoms with Gasteiger partial charge in [0.2, 0.25) is 0 Å². The van der Waals surface area contributed by atoms with E-state index in [0.29, 0.717) is 0 Å². The molecule has 39 valence electrons. The second kappa shape index (κ2) is 2.23. The maximum atomic E-state index is 9.89. The van der Waals surface area contributed by atoms with Crippen LogP contribution in [0.3, 0.4) is 0 Å². The average molecular weight is 99.1 g/mol. The van der Waals surface area contributed by atoms with E-state index < -0.39 is 5.91 Å². The number of hydrogen-bond donors (Lipinski definition) is 1. The molecule has 0 aromatic carbocycles. The van der Waals surface area contributed by atoms with Crippen molar-refractivity contribution in [3.05, 3.63) is 11.8 Å². The van der Waals surface area contributed by atoms with Crippen molar-refractivity contribution in [2.45, 2.75) is 6.92 Å². The summed E-state index contributed by atoms with van der Waals surface area (Å²) >= 11 is 0. The molecule has 0 atom stereocenters. The highest BCUT2D eigenvalue weighted by molar-refractivity contribution is 5.90. The van der Waals surface area contributed by atoms with Crippen molar-refractivity contribution in [1.29, 1.82) is 0 Å². The summed E-state index contributed by atoms with van der Waals surface area (Å²) in [6.07, 6.45) is 1.12. The van der Waals surface area contributed by atoms with Crippen molar-refractivity contribution in [3.63, 3.8) is 0 Å². The van der Waals surface area contributed by atoms with E-state index in [2.05, 4.69) is 0 Å². The summed E-state index contributed by atoms with van der Waals surface area (Å²) in [5, 5.41) is 0. The van der Waals surface area contributed by atoms with Crippen LogP contribution in [0, 0.1) is 0 Å². The molecule has 0 heterocycles. The van der Waals surface area contributed by atoms with E-state index in [-0.39, 0.29) is 5.57 Å². The fraction of sp³-hybridized carbons (Fsp3) is 0.250. The third kappa shape index (κ3) is 1.81. The van der Waals surface area contributed by atoms with Crippen molar-refractivity contribution in [2.75, 3.05) is 0 Å². The van der Waals surface area contributed by atoms with E-state index in [0.717, 1.165) is 6.20 Å². The molecule has 3 heteroatoms. The lowest BCUT2D eigenvalue weighted by molar-refractivity contribution is -0.115. The van der Waals surface area contributed by atoms with E-state index in [1.165, 1.54) is 6.92 Å². The van der Waals surface area contributed by atoms with Gasteiger partial charge in [-0.05, 0) is 6.92 Å². The number of amides is 1. The molecule has 1 radical (unpaired) electrons. The Morgan fingerprint density at radius 2 is 2.29 bits per heavy atom. The number of carbonyl (C=O) groups excluding carboxylic acids is 1. The summed E-state index contributed by atoms with van der Waals surface area (Å²) in [6, 6.07) is 0. The van der Waals surface area contributed by atoms with Gasteiger partial charge in [0.1, 0.15) is 0 Å². The fourth-order valence-corrected chi connectivity index (χ4v) is 0.0757. The highest BCUT2D eigenvalue weighted by Crippen LogP contribution is 1.83. The van der Waals surface area contributed by atoms with Gasteiger partial charge in [0.15, 0.2) is 0 Å². The van der Waals surface area contributed by atoms with Crippen LogP contribution < -0.4 is 11.5 Å². The number of rotatable bonds is 1. The minimum absolute atomic E-state index is 0.278. The van der Waals surface area contributed by atoms with Gasteiger partial charge >= 0.3 is 0 Å². The van der Waals surface area contributed by atoms with Crippen molar-refractivity contribution in [1.82, 2.24) is 5.73 Å². The standard InChI is InChI=1S/C4H7N2O/c1-3(2-5)4(6)7/h2,6H,5H2,1H3. The second-order valence-corrected chi connectivity index (χ2v) is 1.18. The Hall–Kier alpha value is -0.990. The van der Waals surface area contributed by atoms with Crippen molar-refractivity contribution >= 4 is 5.91 Å². The molecule has 0 unspecified atom stereocenters. The van der Waals surface area contributed by atoms with Crippen LogP contribution in [0.1, 0.15) is 6.92 Å². The number of carbonyl (C=O) groups is 1. The summed E-state index contributed by atoms with van der Waals surface area (Å²) in [5.41, 5.74) is 11.5. The quantitative estimate of drug-likeness (QED) is 0.457. The summed E-state index contributed by atoms with van der Waals surface area (Å²) in [5.74, 6) is -0.720. The van der Waals surface area contributed by atoms with Gasteiger partial charge < -0.3 is 5.73 Å². The van der Waals surface area contributed by atoms with Crippen LogP contribution in [0.5, 0.6) is 0 Å². The SMILES string of the molecule is CC(=CN)C([NH])=O. The first-order valence-electron chi connectivity index (χ1n) is 1.83. The zero-order valence-corrected chi connectivity index (χ0v) is 4.06. The first-order valence-corrected chi connectivity index (χ1v) is 1.83. The monoisotopic (exact) mass is 99.1 g/mol. The molecule has 0 bridgehead atoms. The zero-order chi connectivity index (χ0) is 5.86. The maximum Gasteiger partial charge on any atom is 0.266 e. The molecule has 3 N–H and O–H groups in total. The molecule has 7 heavy (non-hydrogen) atoms. The largest absolute Gasteiger partial charge is 0.404 e. The van der Waals surface area contributed by atoms with Crippen molar-refractivity contribution < 1.29 is 4.79 Å². The van der Waals surface area contributed by atoms with Gasteiger partial charge in [-0.15, -0.1) is 0 Å². The minimum atomic E-state index is -0.720. The maximum absolute atomic E-state index is 9.89. The predicted octanol–water partition coefficient (Wildman–Crippen LogP) is -0.342. The molecule has 0 saturated heterocycles. The van der Waals surface area contributed by atoms with Crippen molar-refractivity contribution in [3.8, 4) is 0 Å². The number of nitrogens with one attached hydrogen (secondary N) is 1. The molecule has 3 nitrogen and oxygen atoms in total. The molecule has 0 aliphatic rings. The third-order valence-corrected chi connectivity index (χ3v) is 0.608. The minimum Gasteiger partial charge on any atom is -0.404 e. The van der Waals surface area contributed by atoms with Crippen molar-refractivity contribution in [2.24, 2.45) is 5.73 Å². The molecule has 0 fully saturated rings. The Bertz CT molecular complexity index is 106. The lowest BCUT2D eigenvalue weighted by atomic mass is 10.3. The van der Waals surface area contributed by atoms with Gasteiger partial charge in [0.25, 0.3) is 5.91 Å². The highest BCUT2D eigenvalue weighted by Gasteiger charge is 1.92. The topological polar surface area (TPSA) is 66.9 Å². The van der Waals surface area contributed by atoms with E-state index in [4.69, 9.17) is 11.5 Å². The number of hydrogen-bond acceptors (Lipinski definition) is 2. The second-order valence-electron chi connectivity index (χ2n) is 1.18. The van der Waals surface area contributed by atoms with Gasteiger partial charge in [-0.25, -0.2) is 0 Å². The van der Waals surface area contributed by atoms with Gasteiger partial charge in [-0.3, -0.25) is 10.5 Å². The van der Waals surface area contributed by atoms with Crippen LogP contribution >= 0.6 is 0 Å². The van der Waals surface area contributed by atoms with E-state index in [1.54, 1.807) is 0 Å². The van der Waals surface area contributed by atoms with Gasteiger partial charge in [0, 0.05) is 11.8 Å². The Kier molecular flexibility index (Phi) is 1.91. The summed E-state index contributed by atoms with van der Waals surface area (Å²) < 4.78 is 0. The van der Waals surface area contributed by atoms with E-state index >= 15 is 0 Å². The molecule has 0 aromatic heterocycles. The smallest absolute Gasteiger partial charge is 0.266 e. The molecular weight excluding hydrogens is 92.1 g/mol. The van der Waals surface area contributed by atoms with Crippen LogP contribution in [0.25, 0.3) is 0 Å². The van der Waals surface area contributed by atoms with E-state index in [1.807, 2.05) is 0 Å². The zero-order valence-electron chi connectivity index (χ0n) is 4.06. The van der Waals surface area contributed by atoms with Gasteiger partial charge in [-0.1, -0.05) is 0 Å². The summed E-state index contributed by atoms with van der Waals surface area (Å²) in [7, 11) is 0. The normalized spacial score (nSPS) is 11.3. The van der Waals surface area contributed by atoms with Gasteiger partial charge in [0.05, 0.1) is 0 Å². The molecule has 0 rings (SSSR count). The Labute approximate surface area is 42.0 Å². The van der Waals surface area contributed by atoms with E-state index in [9.17, 15) is 4.79 Å². The predicted molar refractivity (Wildman–Crippen MR) is 26.0 cm³/mol. The van der Waals surface area contributed by atoms with Crippen LogP contribution in [0.15, 0.2) is 11.8 Å². The number of nitrogens with two attached hydrogens (primary N) is 1. The van der Waals surface area contributed by atoms with Crippen LogP contribution in [0.2, 0.25) is 0 Å². The molecule has 0 saturated carbocycles.